The molecule has 5 nitrogen and oxygen atoms in total. The molecule has 2 N–H and O–H groups in total. The average molecular weight is 248 g/mol. The van der Waals surface area contributed by atoms with Crippen molar-refractivity contribution >= 4 is 12.2 Å². The highest BCUT2D eigenvalue weighted by atomic mass is 16.4. The molecule has 2 rings (SSSR count). The Morgan fingerprint density at radius 2 is 2.17 bits per heavy atom. The predicted octanol–water partition coefficient (Wildman–Crippen LogP) is 1.60. The Bertz CT molecular complexity index is 437. The summed E-state index contributed by atoms with van der Waals surface area (Å²) in [6.45, 7) is 0.729. The fraction of sp³-hybridized carbons (Fsp3) is 0.385. The molecule has 0 bridgehead atoms. The molecule has 18 heavy (non-hydrogen) atoms. The number of aliphatic hydroxyl groups is 1. The van der Waals surface area contributed by atoms with Crippen LogP contribution in [0.3, 0.4) is 0 Å². The van der Waals surface area contributed by atoms with E-state index in [1.54, 1.807) is 18.5 Å². The molecule has 0 unspecified atom stereocenters. The number of rotatable bonds is 2. The minimum atomic E-state index is -0.923. The molecule has 1 fully saturated rings. The van der Waals surface area contributed by atoms with Gasteiger partial charge < -0.3 is 15.1 Å². The van der Waals surface area contributed by atoms with E-state index in [1.807, 2.05) is 18.2 Å². The van der Waals surface area contributed by atoms with Gasteiger partial charge in [0.1, 0.15) is 0 Å². The van der Waals surface area contributed by atoms with E-state index in [-0.39, 0.29) is 0 Å². The second-order valence-electron chi connectivity index (χ2n) is 4.49. The maximum atomic E-state index is 10.8. The van der Waals surface area contributed by atoms with E-state index < -0.39 is 11.7 Å². The van der Waals surface area contributed by atoms with Crippen LogP contribution in [0.25, 0.3) is 6.08 Å². The van der Waals surface area contributed by atoms with Crippen LogP contribution in [0, 0.1) is 0 Å². The Morgan fingerprint density at radius 3 is 2.72 bits per heavy atom. The van der Waals surface area contributed by atoms with E-state index in [1.165, 1.54) is 4.90 Å². The molecule has 1 aromatic heterocycles. The first-order chi connectivity index (χ1) is 8.59. The van der Waals surface area contributed by atoms with Crippen molar-refractivity contribution in [3.05, 3.63) is 36.2 Å². The third-order valence-electron chi connectivity index (χ3n) is 3.17. The normalized spacial score (nSPS) is 19.1. The lowest BCUT2D eigenvalue weighted by Gasteiger charge is -2.34. The molecule has 1 saturated heterocycles. The molecule has 1 aromatic rings. The second kappa shape index (κ2) is 5.18. The quantitative estimate of drug-likeness (QED) is 0.833. The molecule has 1 aliphatic rings. The Labute approximate surface area is 105 Å². The molecule has 0 aromatic carbocycles. The lowest BCUT2D eigenvalue weighted by molar-refractivity contribution is 0.0227. The molecule has 0 aliphatic carbocycles. The maximum Gasteiger partial charge on any atom is 0.407 e. The van der Waals surface area contributed by atoms with Crippen molar-refractivity contribution in [1.82, 2.24) is 9.88 Å². The molecule has 1 aliphatic heterocycles. The van der Waals surface area contributed by atoms with E-state index in [4.69, 9.17) is 5.11 Å². The summed E-state index contributed by atoms with van der Waals surface area (Å²) >= 11 is 0. The number of nitrogens with zero attached hydrogens (tertiary/aromatic N) is 2. The van der Waals surface area contributed by atoms with Crippen LogP contribution in [0.5, 0.6) is 0 Å². The summed E-state index contributed by atoms with van der Waals surface area (Å²) in [6.07, 6.45) is 6.90. The summed E-state index contributed by atoms with van der Waals surface area (Å²) < 4.78 is 0. The van der Waals surface area contributed by atoms with Crippen molar-refractivity contribution in [3.8, 4) is 0 Å². The number of likely N-dealkylation sites (tertiary alicyclic amines) is 1. The topological polar surface area (TPSA) is 73.7 Å². The molecule has 1 amide bonds. The highest BCUT2D eigenvalue weighted by molar-refractivity contribution is 5.65. The van der Waals surface area contributed by atoms with Gasteiger partial charge in [0.05, 0.1) is 5.60 Å². The van der Waals surface area contributed by atoms with Gasteiger partial charge in [-0.15, -0.1) is 0 Å². The molecule has 0 saturated carbocycles. The van der Waals surface area contributed by atoms with Crippen LogP contribution in [-0.4, -0.2) is 44.9 Å². The molecule has 2 heterocycles. The zero-order valence-electron chi connectivity index (χ0n) is 9.99. The molecule has 0 radical (unpaired) electrons. The molecule has 96 valence electrons. The number of amides is 1. The monoisotopic (exact) mass is 248 g/mol. The van der Waals surface area contributed by atoms with Gasteiger partial charge in [-0.25, -0.2) is 4.79 Å². The van der Waals surface area contributed by atoms with E-state index >= 15 is 0 Å². The molecular weight excluding hydrogens is 232 g/mol. The Hall–Kier alpha value is -1.88. The van der Waals surface area contributed by atoms with Gasteiger partial charge in [-0.2, -0.15) is 0 Å². The van der Waals surface area contributed by atoms with Gasteiger partial charge in [-0.1, -0.05) is 18.2 Å². The third-order valence-corrected chi connectivity index (χ3v) is 3.17. The molecule has 0 atom stereocenters. The summed E-state index contributed by atoms with van der Waals surface area (Å²) in [6, 6.07) is 3.73. The van der Waals surface area contributed by atoms with Crippen LogP contribution < -0.4 is 0 Å². The first-order valence-corrected chi connectivity index (χ1v) is 5.89. The Kier molecular flexibility index (Phi) is 3.62. The van der Waals surface area contributed by atoms with Crippen LogP contribution in [-0.2, 0) is 0 Å². The average Bonchev–Trinajstić information content (AvgIpc) is 2.38. The summed E-state index contributed by atoms with van der Waals surface area (Å²) in [5, 5.41) is 19.1. The molecule has 0 spiro atoms. The summed E-state index contributed by atoms with van der Waals surface area (Å²) in [4.78, 5) is 16.1. The van der Waals surface area contributed by atoms with Crippen molar-refractivity contribution in [2.45, 2.75) is 18.4 Å². The highest BCUT2D eigenvalue weighted by Gasteiger charge is 2.31. The van der Waals surface area contributed by atoms with Crippen molar-refractivity contribution < 1.29 is 15.0 Å². The number of carboxylic acid groups (broad SMARTS) is 1. The smallest absolute Gasteiger partial charge is 0.407 e. The maximum absolute atomic E-state index is 10.8. The van der Waals surface area contributed by atoms with Crippen molar-refractivity contribution in [2.75, 3.05) is 13.1 Å². The van der Waals surface area contributed by atoms with Gasteiger partial charge in [0.25, 0.3) is 0 Å². The van der Waals surface area contributed by atoms with Gasteiger partial charge in [0, 0.05) is 25.5 Å². The summed E-state index contributed by atoms with van der Waals surface area (Å²) in [5.74, 6) is 0. The zero-order valence-corrected chi connectivity index (χ0v) is 9.99. The number of hydrogen-bond acceptors (Lipinski definition) is 3. The lowest BCUT2D eigenvalue weighted by atomic mass is 9.91. The van der Waals surface area contributed by atoms with Gasteiger partial charge in [-0.05, 0) is 24.5 Å². The van der Waals surface area contributed by atoms with Gasteiger partial charge in [-0.3, -0.25) is 4.98 Å². The number of pyridine rings is 1. The first kappa shape index (κ1) is 12.6. The largest absolute Gasteiger partial charge is 0.465 e. The fourth-order valence-corrected chi connectivity index (χ4v) is 1.98. The van der Waals surface area contributed by atoms with Gasteiger partial charge in [0.2, 0.25) is 0 Å². The van der Waals surface area contributed by atoms with Crippen molar-refractivity contribution in [1.29, 1.82) is 0 Å². The molecular formula is C13H16N2O3. The van der Waals surface area contributed by atoms with Gasteiger partial charge in [0.15, 0.2) is 0 Å². The van der Waals surface area contributed by atoms with Crippen molar-refractivity contribution in [3.63, 3.8) is 0 Å². The van der Waals surface area contributed by atoms with E-state index in [0.29, 0.717) is 25.9 Å². The summed E-state index contributed by atoms with van der Waals surface area (Å²) in [7, 11) is 0. The number of piperidine rings is 1. The minimum Gasteiger partial charge on any atom is -0.465 e. The third kappa shape index (κ3) is 3.07. The standard InChI is InChI=1S/C13H16N2O3/c16-12(17)15-8-5-13(18,6-9-15)4-3-11-2-1-7-14-10-11/h1-4,7,10,18H,5-6,8-9H2,(H,16,17)/b4-3+. The van der Waals surface area contributed by atoms with E-state index in [0.717, 1.165) is 5.56 Å². The number of hydrogen-bond donors (Lipinski definition) is 2. The van der Waals surface area contributed by atoms with Crippen molar-refractivity contribution in [2.24, 2.45) is 0 Å². The van der Waals surface area contributed by atoms with Crippen LogP contribution in [0.1, 0.15) is 18.4 Å². The minimum absolute atomic E-state index is 0.364. The number of carbonyl (C=O) groups is 1. The first-order valence-electron chi connectivity index (χ1n) is 5.89. The zero-order chi connectivity index (χ0) is 13.0. The van der Waals surface area contributed by atoms with Crippen LogP contribution in [0.2, 0.25) is 0 Å². The fourth-order valence-electron chi connectivity index (χ4n) is 1.98. The van der Waals surface area contributed by atoms with E-state index in [2.05, 4.69) is 4.98 Å². The SMILES string of the molecule is O=C(O)N1CCC(O)(/C=C/c2cccnc2)CC1. The Balaban J connectivity index is 1.98. The predicted molar refractivity (Wildman–Crippen MR) is 67.1 cm³/mol. The van der Waals surface area contributed by atoms with Gasteiger partial charge >= 0.3 is 6.09 Å². The van der Waals surface area contributed by atoms with E-state index in [9.17, 15) is 9.90 Å². The van der Waals surface area contributed by atoms with Crippen LogP contribution in [0.4, 0.5) is 4.79 Å². The molecule has 5 heteroatoms. The van der Waals surface area contributed by atoms with Crippen LogP contribution in [0.15, 0.2) is 30.6 Å². The Morgan fingerprint density at radius 1 is 1.44 bits per heavy atom. The summed E-state index contributed by atoms with van der Waals surface area (Å²) in [5.41, 5.74) is 0.00788. The highest BCUT2D eigenvalue weighted by Crippen LogP contribution is 2.24. The second-order valence-corrected chi connectivity index (χ2v) is 4.49. The lowest BCUT2D eigenvalue weighted by Crippen LogP contribution is -2.45. The van der Waals surface area contributed by atoms with Crippen LogP contribution >= 0.6 is 0 Å². The number of aromatic nitrogens is 1.